The molecule has 166 valence electrons. The van der Waals surface area contributed by atoms with Crippen LogP contribution in [0.3, 0.4) is 0 Å². The smallest absolute Gasteiger partial charge is 0.337 e. The first-order valence-corrected chi connectivity index (χ1v) is 10.7. The Morgan fingerprint density at radius 2 is 1.97 bits per heavy atom. The van der Waals surface area contributed by atoms with Gasteiger partial charge < -0.3 is 24.3 Å². The summed E-state index contributed by atoms with van der Waals surface area (Å²) in [5, 5.41) is 3.08. The maximum Gasteiger partial charge on any atom is 0.337 e. The van der Waals surface area contributed by atoms with Gasteiger partial charge in [-0.05, 0) is 37.9 Å². The second-order valence-corrected chi connectivity index (χ2v) is 8.85. The third-order valence-corrected chi connectivity index (χ3v) is 7.73. The van der Waals surface area contributed by atoms with E-state index in [2.05, 4.69) is 10.2 Å². The average Bonchev–Trinajstić information content (AvgIpc) is 3.29. The van der Waals surface area contributed by atoms with Crippen molar-refractivity contribution in [1.82, 2.24) is 4.90 Å². The molecule has 0 aliphatic carbocycles. The van der Waals surface area contributed by atoms with Crippen molar-refractivity contribution in [3.8, 4) is 11.5 Å². The van der Waals surface area contributed by atoms with Crippen LogP contribution in [0.1, 0.15) is 25.3 Å². The van der Waals surface area contributed by atoms with E-state index in [1.54, 1.807) is 20.5 Å². The lowest BCUT2D eigenvalue weighted by Crippen LogP contribution is -2.56. The van der Waals surface area contributed by atoms with E-state index < -0.39 is 5.41 Å². The van der Waals surface area contributed by atoms with Crippen molar-refractivity contribution >= 4 is 17.6 Å². The van der Waals surface area contributed by atoms with Crippen molar-refractivity contribution in [3.63, 3.8) is 0 Å². The number of rotatable bonds is 3. The van der Waals surface area contributed by atoms with Crippen LogP contribution >= 0.6 is 0 Å². The molecule has 0 radical (unpaired) electrons. The van der Waals surface area contributed by atoms with Crippen LogP contribution in [0, 0.1) is 11.8 Å². The molecule has 0 bridgehead atoms. The highest BCUT2D eigenvalue weighted by Gasteiger charge is 2.61. The molecule has 8 nitrogen and oxygen atoms in total. The van der Waals surface area contributed by atoms with Gasteiger partial charge in [-0.1, -0.05) is 0 Å². The monoisotopic (exact) mass is 428 g/mol. The summed E-state index contributed by atoms with van der Waals surface area (Å²) >= 11 is 0. The molecule has 5 rings (SSSR count). The third kappa shape index (κ3) is 2.70. The Kier molecular flexibility index (Phi) is 4.66. The van der Waals surface area contributed by atoms with Crippen molar-refractivity contribution in [2.24, 2.45) is 11.8 Å². The van der Waals surface area contributed by atoms with Crippen LogP contribution in [-0.4, -0.2) is 63.3 Å². The first kappa shape index (κ1) is 20.2. The van der Waals surface area contributed by atoms with Gasteiger partial charge in [0.1, 0.15) is 0 Å². The van der Waals surface area contributed by atoms with E-state index in [1.807, 2.05) is 19.1 Å². The van der Waals surface area contributed by atoms with Gasteiger partial charge in [-0.25, -0.2) is 4.79 Å². The number of carbonyl (C=O) groups excluding carboxylic acids is 2. The minimum absolute atomic E-state index is 0.00459. The number of esters is 1. The number of amides is 1. The number of hydrogen-bond acceptors (Lipinski definition) is 7. The molecule has 4 aliphatic rings. The minimum Gasteiger partial charge on any atom is -0.497 e. The van der Waals surface area contributed by atoms with Crippen LogP contribution in [-0.2, 0) is 24.5 Å². The molecule has 4 heterocycles. The SMILES string of the molecule is COC(=O)C1=CO[C@H](C)[C@@H]2CN3CC[C@]4(C(=O)Nc5cc(OC)c(OC)cc54)[C@H]3C[C@H]12. The van der Waals surface area contributed by atoms with Crippen LogP contribution in [0.15, 0.2) is 24.0 Å². The Labute approximate surface area is 181 Å². The topological polar surface area (TPSA) is 86.3 Å². The van der Waals surface area contributed by atoms with Crippen LogP contribution in [0.4, 0.5) is 5.69 Å². The molecule has 31 heavy (non-hydrogen) atoms. The molecule has 1 spiro atoms. The lowest BCUT2D eigenvalue weighted by atomic mass is 9.66. The second kappa shape index (κ2) is 7.15. The number of carbonyl (C=O) groups is 2. The lowest BCUT2D eigenvalue weighted by molar-refractivity contribution is -0.139. The van der Waals surface area contributed by atoms with Crippen LogP contribution in [0.2, 0.25) is 0 Å². The first-order chi connectivity index (χ1) is 14.9. The molecule has 5 atom stereocenters. The summed E-state index contributed by atoms with van der Waals surface area (Å²) < 4.78 is 21.8. The number of nitrogens with one attached hydrogen (secondary N) is 1. The van der Waals surface area contributed by atoms with Gasteiger partial charge >= 0.3 is 5.97 Å². The van der Waals surface area contributed by atoms with Crippen molar-refractivity contribution in [1.29, 1.82) is 0 Å². The Hall–Kier alpha value is -2.74. The molecular formula is C23H28N2O6. The van der Waals surface area contributed by atoms with Gasteiger partial charge in [-0.2, -0.15) is 0 Å². The van der Waals surface area contributed by atoms with E-state index >= 15 is 0 Å². The number of anilines is 1. The predicted molar refractivity (Wildman–Crippen MR) is 112 cm³/mol. The summed E-state index contributed by atoms with van der Waals surface area (Å²) in [6.07, 6.45) is 2.98. The number of ether oxygens (including phenoxy) is 4. The van der Waals surface area contributed by atoms with Gasteiger partial charge in [0.15, 0.2) is 11.5 Å². The Morgan fingerprint density at radius 3 is 2.68 bits per heavy atom. The molecule has 0 aromatic heterocycles. The van der Waals surface area contributed by atoms with Crippen molar-refractivity contribution in [2.75, 3.05) is 39.7 Å². The fourth-order valence-corrected chi connectivity index (χ4v) is 6.14. The average molecular weight is 428 g/mol. The van der Waals surface area contributed by atoms with E-state index in [9.17, 15) is 9.59 Å². The fraction of sp³-hybridized carbons (Fsp3) is 0.565. The lowest BCUT2D eigenvalue weighted by Gasteiger charge is -2.48. The molecule has 1 aromatic rings. The standard InChI is InChI=1S/C23H28N2O6/c1-12-14-10-25-6-5-23(20(25)7-13(14)15(11-31-12)21(26)30-4)16-8-18(28-2)19(29-3)9-17(16)24-22(23)27/h8-9,11-14,20H,5-7,10H2,1-4H3,(H,24,27)/t12-,13+,14+,20-,23-/m1/s1. The molecule has 4 aliphatic heterocycles. The second-order valence-electron chi connectivity index (χ2n) is 8.85. The summed E-state index contributed by atoms with van der Waals surface area (Å²) in [5.74, 6) is 1.02. The molecule has 2 saturated heterocycles. The minimum atomic E-state index is -0.678. The molecule has 0 unspecified atom stereocenters. The maximum absolute atomic E-state index is 13.5. The zero-order valence-corrected chi connectivity index (χ0v) is 18.3. The zero-order chi connectivity index (χ0) is 21.9. The van der Waals surface area contributed by atoms with Crippen molar-refractivity contribution in [2.45, 2.75) is 37.3 Å². The molecule has 1 amide bonds. The van der Waals surface area contributed by atoms with E-state index in [-0.39, 0.29) is 35.9 Å². The van der Waals surface area contributed by atoms with Crippen molar-refractivity contribution in [3.05, 3.63) is 29.5 Å². The van der Waals surface area contributed by atoms with Crippen molar-refractivity contribution < 1.29 is 28.5 Å². The molecule has 2 fully saturated rings. The molecule has 8 heteroatoms. The van der Waals surface area contributed by atoms with Gasteiger partial charge in [-0.3, -0.25) is 9.69 Å². The highest BCUT2D eigenvalue weighted by atomic mass is 16.5. The van der Waals surface area contributed by atoms with E-state index in [0.717, 1.165) is 30.8 Å². The van der Waals surface area contributed by atoms with Crippen LogP contribution < -0.4 is 14.8 Å². The summed E-state index contributed by atoms with van der Waals surface area (Å²) in [6.45, 7) is 3.64. The maximum atomic E-state index is 13.5. The summed E-state index contributed by atoms with van der Waals surface area (Å²) in [7, 11) is 4.58. The number of methoxy groups -OCH3 is 3. The molecule has 0 saturated carbocycles. The Morgan fingerprint density at radius 1 is 1.23 bits per heavy atom. The van der Waals surface area contributed by atoms with Crippen LogP contribution in [0.5, 0.6) is 11.5 Å². The zero-order valence-electron chi connectivity index (χ0n) is 18.3. The number of piperidine rings is 1. The van der Waals surface area contributed by atoms with Crippen LogP contribution in [0.25, 0.3) is 0 Å². The number of fused-ring (bicyclic) bond motifs is 5. The predicted octanol–water partition coefficient (Wildman–Crippen LogP) is 2.08. The van der Waals surface area contributed by atoms with Gasteiger partial charge in [0, 0.05) is 36.2 Å². The number of hydrogen-bond donors (Lipinski definition) is 1. The highest BCUT2D eigenvalue weighted by molar-refractivity contribution is 6.07. The molecule has 1 aromatic carbocycles. The first-order valence-electron chi connectivity index (χ1n) is 10.7. The van der Waals surface area contributed by atoms with E-state index in [4.69, 9.17) is 18.9 Å². The number of benzene rings is 1. The Balaban J connectivity index is 1.57. The quantitative estimate of drug-likeness (QED) is 0.738. The summed E-state index contributed by atoms with van der Waals surface area (Å²) in [6, 6.07) is 3.75. The largest absolute Gasteiger partial charge is 0.497 e. The van der Waals surface area contributed by atoms with Gasteiger partial charge in [-0.15, -0.1) is 0 Å². The molecular weight excluding hydrogens is 400 g/mol. The highest BCUT2D eigenvalue weighted by Crippen LogP contribution is 2.55. The fourth-order valence-electron chi connectivity index (χ4n) is 6.14. The molecule has 1 N–H and O–H groups in total. The summed E-state index contributed by atoms with van der Waals surface area (Å²) in [5.41, 5.74) is 1.61. The summed E-state index contributed by atoms with van der Waals surface area (Å²) in [4.78, 5) is 28.3. The van der Waals surface area contributed by atoms with Gasteiger partial charge in [0.05, 0.1) is 44.7 Å². The number of nitrogens with zero attached hydrogens (tertiary/aromatic N) is 1. The van der Waals surface area contributed by atoms with Gasteiger partial charge in [0.25, 0.3) is 0 Å². The normalized spacial score (nSPS) is 33.5. The van der Waals surface area contributed by atoms with E-state index in [0.29, 0.717) is 23.5 Å². The third-order valence-electron chi connectivity index (χ3n) is 7.73. The Bertz CT molecular complexity index is 975. The van der Waals surface area contributed by atoms with Gasteiger partial charge in [0.2, 0.25) is 5.91 Å². The van der Waals surface area contributed by atoms with E-state index in [1.165, 1.54) is 7.11 Å².